The molecule has 8 heteroatoms. The average Bonchev–Trinajstić information content (AvgIpc) is 2.47. The molecule has 1 aliphatic rings. The predicted octanol–water partition coefficient (Wildman–Crippen LogP) is -2.24. The van der Waals surface area contributed by atoms with Gasteiger partial charge in [-0.3, -0.25) is 10.1 Å². The van der Waals surface area contributed by atoms with E-state index in [1.54, 1.807) is 0 Å². The number of aliphatic hydroxyl groups excluding tert-OH is 4. The van der Waals surface area contributed by atoms with E-state index in [9.17, 15) is 20.1 Å². The molecule has 5 N–H and O–H groups in total. The Morgan fingerprint density at radius 1 is 1.19 bits per heavy atom. The minimum atomic E-state index is -1.38. The first kappa shape index (κ1) is 18.4. The number of aliphatic hydroxyl groups is 4. The fraction of sp³-hybridized carbons (Fsp3) is 0.923. The zero-order chi connectivity index (χ0) is 15.8. The molecular formula is C13H25NO7. The molecule has 124 valence electrons. The van der Waals surface area contributed by atoms with Gasteiger partial charge in [0.2, 0.25) is 0 Å². The van der Waals surface area contributed by atoms with Gasteiger partial charge in [0.05, 0.1) is 6.61 Å². The van der Waals surface area contributed by atoms with Crippen molar-refractivity contribution < 1.29 is 34.7 Å². The van der Waals surface area contributed by atoms with Gasteiger partial charge in [-0.15, -0.1) is 0 Å². The summed E-state index contributed by atoms with van der Waals surface area (Å²) in [5.41, 5.74) is 0. The summed E-state index contributed by atoms with van der Waals surface area (Å²) >= 11 is 0. The van der Waals surface area contributed by atoms with Crippen LogP contribution in [0.25, 0.3) is 0 Å². The van der Waals surface area contributed by atoms with Gasteiger partial charge in [0, 0.05) is 13.5 Å². The number of carbonyl (C=O) groups excluding carboxylic acids is 1. The van der Waals surface area contributed by atoms with Gasteiger partial charge < -0.3 is 29.9 Å². The van der Waals surface area contributed by atoms with Crippen LogP contribution < -0.4 is 5.32 Å². The Labute approximate surface area is 123 Å². The molecule has 0 amide bonds. The highest BCUT2D eigenvalue weighted by Crippen LogP contribution is 2.19. The molecule has 0 aromatic rings. The third kappa shape index (κ3) is 5.59. The number of hydrogen-bond acceptors (Lipinski definition) is 8. The lowest BCUT2D eigenvalue weighted by molar-refractivity contribution is -0.236. The van der Waals surface area contributed by atoms with E-state index in [1.165, 1.54) is 7.11 Å². The fourth-order valence-corrected chi connectivity index (χ4v) is 2.19. The molecule has 0 spiro atoms. The Bertz CT molecular complexity index is 313. The van der Waals surface area contributed by atoms with Gasteiger partial charge in [-0.25, -0.2) is 0 Å². The second-order valence-corrected chi connectivity index (χ2v) is 5.13. The van der Waals surface area contributed by atoms with Gasteiger partial charge in [-0.1, -0.05) is 0 Å². The van der Waals surface area contributed by atoms with Crippen molar-refractivity contribution in [1.29, 1.82) is 0 Å². The van der Waals surface area contributed by atoms with E-state index in [4.69, 9.17) is 14.6 Å². The highest BCUT2D eigenvalue weighted by molar-refractivity contribution is 5.79. The largest absolute Gasteiger partial charge is 0.394 e. The molecule has 0 aromatic heterocycles. The van der Waals surface area contributed by atoms with Gasteiger partial charge >= 0.3 is 0 Å². The SMILES string of the molecule is COCC(=O)CCCCNC1OC(CO)C(O)C(O)[C@H]1O. The molecule has 21 heavy (non-hydrogen) atoms. The van der Waals surface area contributed by atoms with Gasteiger partial charge in [0.25, 0.3) is 0 Å². The molecule has 0 aromatic carbocycles. The lowest BCUT2D eigenvalue weighted by Crippen LogP contribution is -2.62. The van der Waals surface area contributed by atoms with E-state index in [-0.39, 0.29) is 12.4 Å². The van der Waals surface area contributed by atoms with E-state index in [0.717, 1.165) is 0 Å². The normalized spacial score (nSPS) is 33.1. The zero-order valence-corrected chi connectivity index (χ0v) is 12.1. The molecule has 1 rings (SSSR count). The molecule has 1 saturated heterocycles. The Hall–Kier alpha value is -0.610. The third-order valence-electron chi connectivity index (χ3n) is 3.43. The molecular weight excluding hydrogens is 282 g/mol. The van der Waals surface area contributed by atoms with E-state index in [1.807, 2.05) is 0 Å². The van der Waals surface area contributed by atoms with Gasteiger partial charge in [0.1, 0.15) is 37.3 Å². The molecule has 1 aliphatic heterocycles. The van der Waals surface area contributed by atoms with Crippen LogP contribution in [0.2, 0.25) is 0 Å². The minimum Gasteiger partial charge on any atom is -0.394 e. The van der Waals surface area contributed by atoms with Crippen LogP contribution >= 0.6 is 0 Å². The van der Waals surface area contributed by atoms with Crippen molar-refractivity contribution in [3.8, 4) is 0 Å². The first-order valence-corrected chi connectivity index (χ1v) is 7.05. The summed E-state index contributed by atoms with van der Waals surface area (Å²) < 4.78 is 10.0. The summed E-state index contributed by atoms with van der Waals surface area (Å²) in [6.45, 7) is 0.137. The lowest BCUT2D eigenvalue weighted by Gasteiger charge is -2.40. The van der Waals surface area contributed by atoms with Crippen LogP contribution in [0.3, 0.4) is 0 Å². The Kier molecular flexibility index (Phi) is 8.27. The van der Waals surface area contributed by atoms with Gasteiger partial charge in [-0.2, -0.15) is 0 Å². The topological polar surface area (TPSA) is 128 Å². The smallest absolute Gasteiger partial charge is 0.158 e. The molecule has 0 radical (unpaired) electrons. The van der Waals surface area contributed by atoms with Crippen LogP contribution in [-0.4, -0.2) is 83.7 Å². The summed E-state index contributed by atoms with van der Waals surface area (Å²) in [4.78, 5) is 11.2. The van der Waals surface area contributed by atoms with Crippen molar-refractivity contribution in [1.82, 2.24) is 5.32 Å². The number of Topliss-reactive ketones (excluding diaryl/α,β-unsaturated/α-hetero) is 1. The number of carbonyl (C=O) groups is 1. The number of nitrogens with one attached hydrogen (secondary N) is 1. The number of ketones is 1. The maximum Gasteiger partial charge on any atom is 0.158 e. The number of ether oxygens (including phenoxy) is 2. The summed E-state index contributed by atoms with van der Waals surface area (Å²) in [5.74, 6) is 0.0327. The highest BCUT2D eigenvalue weighted by atomic mass is 16.6. The van der Waals surface area contributed by atoms with Crippen molar-refractivity contribution >= 4 is 5.78 Å². The highest BCUT2D eigenvalue weighted by Gasteiger charge is 2.42. The van der Waals surface area contributed by atoms with Crippen molar-refractivity contribution in [3.05, 3.63) is 0 Å². The molecule has 5 atom stereocenters. The maximum atomic E-state index is 11.2. The fourth-order valence-electron chi connectivity index (χ4n) is 2.19. The van der Waals surface area contributed by atoms with E-state index < -0.39 is 37.3 Å². The lowest BCUT2D eigenvalue weighted by atomic mass is 9.98. The summed E-state index contributed by atoms with van der Waals surface area (Å²) in [5, 5.41) is 41.0. The van der Waals surface area contributed by atoms with Crippen molar-refractivity contribution in [2.24, 2.45) is 0 Å². The van der Waals surface area contributed by atoms with Crippen LogP contribution in [-0.2, 0) is 14.3 Å². The van der Waals surface area contributed by atoms with Gasteiger partial charge in [-0.05, 0) is 19.4 Å². The maximum absolute atomic E-state index is 11.2. The molecule has 8 nitrogen and oxygen atoms in total. The predicted molar refractivity (Wildman–Crippen MR) is 72.5 cm³/mol. The monoisotopic (exact) mass is 307 g/mol. The van der Waals surface area contributed by atoms with Crippen LogP contribution in [0.1, 0.15) is 19.3 Å². The molecule has 1 fully saturated rings. The van der Waals surface area contributed by atoms with Crippen molar-refractivity contribution in [2.75, 3.05) is 26.9 Å². The molecule has 0 saturated carbocycles. The quantitative estimate of drug-likeness (QED) is 0.303. The number of hydrogen-bond donors (Lipinski definition) is 5. The number of unbranched alkanes of at least 4 members (excludes halogenated alkanes) is 1. The summed E-state index contributed by atoms with van der Waals surface area (Å²) in [6, 6.07) is 0. The standard InChI is InChI=1S/C13H25NO7/c1-20-7-8(16)4-2-3-5-14-13-12(19)11(18)10(17)9(6-15)21-13/h9-15,17-19H,2-7H2,1H3/t9?,10?,11?,12-,13?/m1/s1. The molecule has 0 aliphatic carbocycles. The Morgan fingerprint density at radius 3 is 2.52 bits per heavy atom. The molecule has 0 bridgehead atoms. The number of methoxy groups -OCH3 is 1. The first-order chi connectivity index (χ1) is 10.0. The first-order valence-electron chi connectivity index (χ1n) is 7.05. The average molecular weight is 307 g/mol. The van der Waals surface area contributed by atoms with Crippen LogP contribution in [0.5, 0.6) is 0 Å². The van der Waals surface area contributed by atoms with E-state index in [2.05, 4.69) is 5.32 Å². The van der Waals surface area contributed by atoms with Crippen LogP contribution in [0.15, 0.2) is 0 Å². The van der Waals surface area contributed by atoms with E-state index in [0.29, 0.717) is 25.8 Å². The van der Waals surface area contributed by atoms with E-state index >= 15 is 0 Å². The van der Waals surface area contributed by atoms with Crippen LogP contribution in [0.4, 0.5) is 0 Å². The zero-order valence-electron chi connectivity index (χ0n) is 12.1. The minimum absolute atomic E-state index is 0.0327. The second-order valence-electron chi connectivity index (χ2n) is 5.13. The van der Waals surface area contributed by atoms with Crippen LogP contribution in [0, 0.1) is 0 Å². The molecule has 4 unspecified atom stereocenters. The Balaban J connectivity index is 2.26. The molecule has 1 heterocycles. The second kappa shape index (κ2) is 9.42. The Morgan fingerprint density at radius 2 is 1.90 bits per heavy atom. The van der Waals surface area contributed by atoms with Crippen molar-refractivity contribution in [3.63, 3.8) is 0 Å². The van der Waals surface area contributed by atoms with Gasteiger partial charge in [0.15, 0.2) is 5.78 Å². The third-order valence-corrected chi connectivity index (χ3v) is 3.43. The summed E-state index contributed by atoms with van der Waals surface area (Å²) in [6.07, 6.45) is -4.01. The number of rotatable bonds is 9. The van der Waals surface area contributed by atoms with Crippen molar-refractivity contribution in [2.45, 2.75) is 49.9 Å². The summed E-state index contributed by atoms with van der Waals surface area (Å²) in [7, 11) is 1.47.